The summed E-state index contributed by atoms with van der Waals surface area (Å²) in [4.78, 5) is 4.56. The lowest BCUT2D eigenvalue weighted by Crippen LogP contribution is -1.99. The van der Waals surface area contributed by atoms with Crippen molar-refractivity contribution in [3.63, 3.8) is 0 Å². The van der Waals surface area contributed by atoms with E-state index in [1.165, 1.54) is 0 Å². The number of hydrogen-bond donors (Lipinski definition) is 0. The molecule has 0 N–H and O–H groups in total. The van der Waals surface area contributed by atoms with Crippen LogP contribution in [0.1, 0.15) is 5.69 Å². The van der Waals surface area contributed by atoms with Gasteiger partial charge in [-0.2, -0.15) is 0 Å². The highest BCUT2D eigenvalue weighted by atomic mass is 16.5. The SMILES string of the molecule is COc1ccc(-c2nnc(-c3ccccc3)nc2C)cc1. The quantitative estimate of drug-likeness (QED) is 0.735. The summed E-state index contributed by atoms with van der Waals surface area (Å²) in [6.07, 6.45) is 0. The van der Waals surface area contributed by atoms with Gasteiger partial charge in [-0.25, -0.2) is 4.98 Å². The van der Waals surface area contributed by atoms with Crippen LogP contribution in [0.5, 0.6) is 5.75 Å². The van der Waals surface area contributed by atoms with E-state index in [-0.39, 0.29) is 0 Å². The topological polar surface area (TPSA) is 47.9 Å². The van der Waals surface area contributed by atoms with Crippen LogP contribution in [0.2, 0.25) is 0 Å². The summed E-state index contributed by atoms with van der Waals surface area (Å²) >= 11 is 0. The lowest BCUT2D eigenvalue weighted by molar-refractivity contribution is 0.415. The minimum absolute atomic E-state index is 0.644. The van der Waals surface area contributed by atoms with Crippen LogP contribution in [0.4, 0.5) is 0 Å². The van der Waals surface area contributed by atoms with Gasteiger partial charge in [0, 0.05) is 11.1 Å². The summed E-state index contributed by atoms with van der Waals surface area (Å²) in [5.41, 5.74) is 3.59. The lowest BCUT2D eigenvalue weighted by Gasteiger charge is -2.06. The van der Waals surface area contributed by atoms with Crippen molar-refractivity contribution in [3.05, 3.63) is 60.3 Å². The Morgan fingerprint density at radius 1 is 0.810 bits per heavy atom. The molecule has 3 aromatic rings. The third-order valence-corrected chi connectivity index (χ3v) is 3.26. The molecular formula is C17H15N3O. The fourth-order valence-corrected chi connectivity index (χ4v) is 2.13. The van der Waals surface area contributed by atoms with Crippen molar-refractivity contribution in [3.8, 4) is 28.4 Å². The standard InChI is InChI=1S/C17H15N3O/c1-12-16(13-8-10-15(21-2)11-9-13)19-20-17(18-12)14-6-4-3-5-7-14/h3-11H,1-2H3. The van der Waals surface area contributed by atoms with Crippen molar-refractivity contribution in [2.75, 3.05) is 7.11 Å². The zero-order valence-corrected chi connectivity index (χ0v) is 11.9. The van der Waals surface area contributed by atoms with Crippen LogP contribution >= 0.6 is 0 Å². The average molecular weight is 277 g/mol. The number of ether oxygens (including phenoxy) is 1. The summed E-state index contributed by atoms with van der Waals surface area (Å²) in [6.45, 7) is 1.95. The van der Waals surface area contributed by atoms with Gasteiger partial charge >= 0.3 is 0 Å². The number of hydrogen-bond acceptors (Lipinski definition) is 4. The number of methoxy groups -OCH3 is 1. The minimum Gasteiger partial charge on any atom is -0.497 e. The van der Waals surface area contributed by atoms with Gasteiger partial charge in [0.1, 0.15) is 11.4 Å². The number of benzene rings is 2. The van der Waals surface area contributed by atoms with Gasteiger partial charge in [-0.05, 0) is 31.2 Å². The molecule has 0 spiro atoms. The zero-order chi connectivity index (χ0) is 14.7. The first-order chi connectivity index (χ1) is 10.3. The number of aromatic nitrogens is 3. The van der Waals surface area contributed by atoms with Crippen molar-refractivity contribution in [2.45, 2.75) is 6.92 Å². The van der Waals surface area contributed by atoms with E-state index in [0.717, 1.165) is 28.3 Å². The predicted octanol–water partition coefficient (Wildman–Crippen LogP) is 3.52. The molecule has 2 aromatic carbocycles. The van der Waals surface area contributed by atoms with Gasteiger partial charge in [-0.3, -0.25) is 0 Å². The molecule has 104 valence electrons. The maximum atomic E-state index is 5.16. The second-order valence-corrected chi connectivity index (χ2v) is 4.66. The van der Waals surface area contributed by atoms with E-state index in [2.05, 4.69) is 15.2 Å². The Hall–Kier alpha value is -2.75. The Bertz CT molecular complexity index is 740. The Morgan fingerprint density at radius 2 is 1.52 bits per heavy atom. The Labute approximate surface area is 123 Å². The van der Waals surface area contributed by atoms with E-state index in [1.807, 2.05) is 61.5 Å². The van der Waals surface area contributed by atoms with Crippen LogP contribution in [0.25, 0.3) is 22.6 Å². The van der Waals surface area contributed by atoms with Crippen LogP contribution in [-0.2, 0) is 0 Å². The van der Waals surface area contributed by atoms with Gasteiger partial charge in [0.05, 0.1) is 12.8 Å². The van der Waals surface area contributed by atoms with E-state index in [4.69, 9.17) is 4.74 Å². The highest BCUT2D eigenvalue weighted by molar-refractivity contribution is 5.63. The van der Waals surface area contributed by atoms with Gasteiger partial charge in [-0.15, -0.1) is 10.2 Å². The van der Waals surface area contributed by atoms with Crippen LogP contribution in [-0.4, -0.2) is 22.3 Å². The third-order valence-electron chi connectivity index (χ3n) is 3.26. The monoisotopic (exact) mass is 277 g/mol. The highest BCUT2D eigenvalue weighted by Crippen LogP contribution is 2.23. The fourth-order valence-electron chi connectivity index (χ4n) is 2.13. The summed E-state index contributed by atoms with van der Waals surface area (Å²) in [5.74, 6) is 1.46. The lowest BCUT2D eigenvalue weighted by atomic mass is 10.1. The first kappa shape index (κ1) is 13.2. The Morgan fingerprint density at radius 3 is 2.14 bits per heavy atom. The molecule has 0 radical (unpaired) electrons. The molecule has 0 unspecified atom stereocenters. The first-order valence-corrected chi connectivity index (χ1v) is 6.69. The van der Waals surface area contributed by atoms with Gasteiger partial charge in [-0.1, -0.05) is 30.3 Å². The van der Waals surface area contributed by atoms with Crippen LogP contribution in [0.3, 0.4) is 0 Å². The number of rotatable bonds is 3. The van der Waals surface area contributed by atoms with Crippen LogP contribution in [0.15, 0.2) is 54.6 Å². The van der Waals surface area contributed by atoms with Crippen LogP contribution in [0, 0.1) is 6.92 Å². The molecule has 0 aliphatic rings. The smallest absolute Gasteiger partial charge is 0.182 e. The molecule has 0 bridgehead atoms. The summed E-state index contributed by atoms with van der Waals surface area (Å²) in [7, 11) is 1.65. The maximum Gasteiger partial charge on any atom is 0.182 e. The largest absolute Gasteiger partial charge is 0.497 e. The van der Waals surface area contributed by atoms with Crippen molar-refractivity contribution in [1.29, 1.82) is 0 Å². The maximum absolute atomic E-state index is 5.16. The average Bonchev–Trinajstić information content (AvgIpc) is 2.56. The van der Waals surface area contributed by atoms with Gasteiger partial charge in [0.2, 0.25) is 0 Å². The minimum atomic E-state index is 0.644. The van der Waals surface area contributed by atoms with E-state index in [9.17, 15) is 0 Å². The second-order valence-electron chi connectivity index (χ2n) is 4.66. The fraction of sp³-hybridized carbons (Fsp3) is 0.118. The molecule has 1 aromatic heterocycles. The highest BCUT2D eigenvalue weighted by Gasteiger charge is 2.09. The Balaban J connectivity index is 1.97. The third kappa shape index (κ3) is 2.74. The molecule has 4 heteroatoms. The molecule has 0 aliphatic heterocycles. The van der Waals surface area contributed by atoms with Gasteiger partial charge in [0.15, 0.2) is 5.82 Å². The summed E-state index contributed by atoms with van der Waals surface area (Å²) < 4.78 is 5.16. The molecule has 0 saturated carbocycles. The Kier molecular flexibility index (Phi) is 3.60. The first-order valence-electron chi connectivity index (χ1n) is 6.69. The van der Waals surface area contributed by atoms with Crippen molar-refractivity contribution in [1.82, 2.24) is 15.2 Å². The van der Waals surface area contributed by atoms with Gasteiger partial charge < -0.3 is 4.74 Å². The van der Waals surface area contributed by atoms with Crippen LogP contribution < -0.4 is 4.74 Å². The summed E-state index contributed by atoms with van der Waals surface area (Å²) in [6, 6.07) is 17.6. The zero-order valence-electron chi connectivity index (χ0n) is 11.9. The summed E-state index contributed by atoms with van der Waals surface area (Å²) in [5, 5.41) is 8.56. The van der Waals surface area contributed by atoms with Crippen molar-refractivity contribution in [2.24, 2.45) is 0 Å². The molecule has 0 saturated heterocycles. The molecule has 0 aliphatic carbocycles. The molecule has 1 heterocycles. The van der Waals surface area contributed by atoms with Crippen molar-refractivity contribution >= 4 is 0 Å². The predicted molar refractivity (Wildman–Crippen MR) is 82.0 cm³/mol. The number of aryl methyl sites for hydroxylation is 1. The molecule has 3 rings (SSSR count). The van der Waals surface area contributed by atoms with E-state index < -0.39 is 0 Å². The molecular weight excluding hydrogens is 262 g/mol. The molecule has 0 fully saturated rings. The van der Waals surface area contributed by atoms with E-state index in [1.54, 1.807) is 7.11 Å². The van der Waals surface area contributed by atoms with Crippen molar-refractivity contribution < 1.29 is 4.74 Å². The molecule has 4 nitrogen and oxygen atoms in total. The van der Waals surface area contributed by atoms with E-state index in [0.29, 0.717) is 5.82 Å². The van der Waals surface area contributed by atoms with E-state index >= 15 is 0 Å². The normalized spacial score (nSPS) is 10.4. The molecule has 0 atom stereocenters. The van der Waals surface area contributed by atoms with Gasteiger partial charge in [0.25, 0.3) is 0 Å². The second kappa shape index (κ2) is 5.71. The number of nitrogens with zero attached hydrogens (tertiary/aromatic N) is 3. The molecule has 0 amide bonds. The molecule has 21 heavy (non-hydrogen) atoms.